The Morgan fingerprint density at radius 1 is 1.24 bits per heavy atom. The summed E-state index contributed by atoms with van der Waals surface area (Å²) in [6.45, 7) is 1.00. The number of hydrogen-bond acceptors (Lipinski definition) is 0. The highest BCUT2D eigenvalue weighted by atomic mass is 15.0. The Balaban J connectivity index is 1.84. The molecule has 0 atom stereocenters. The number of benzene rings is 1. The maximum Gasteiger partial charge on any atom is 0.255 e. The lowest BCUT2D eigenvalue weighted by Gasteiger charge is -2.02. The van der Waals surface area contributed by atoms with Crippen LogP contribution in [0.25, 0.3) is 10.9 Å². The molecule has 3 heteroatoms. The topological polar surface area (TPSA) is 24.6 Å². The SMILES string of the molecule is C[n+]1cc[nH]c1CCn1ccc2ccccc21. The summed E-state index contributed by atoms with van der Waals surface area (Å²) in [7, 11) is 2.07. The largest absolute Gasteiger partial charge is 0.347 e. The third-order valence-corrected chi connectivity index (χ3v) is 3.24. The van der Waals surface area contributed by atoms with Gasteiger partial charge in [-0.15, -0.1) is 0 Å². The summed E-state index contributed by atoms with van der Waals surface area (Å²) < 4.78 is 4.43. The Bertz CT molecular complexity index is 634. The highest BCUT2D eigenvalue weighted by Gasteiger charge is 2.07. The zero-order chi connectivity index (χ0) is 11.7. The van der Waals surface area contributed by atoms with Crippen molar-refractivity contribution >= 4 is 10.9 Å². The predicted molar refractivity (Wildman–Crippen MR) is 67.6 cm³/mol. The van der Waals surface area contributed by atoms with Gasteiger partial charge < -0.3 is 4.57 Å². The third-order valence-electron chi connectivity index (χ3n) is 3.24. The standard InChI is InChI=1S/C14H15N3/c1-16-11-8-15-14(16)7-10-17-9-6-12-4-2-3-5-13(12)17/h2-6,8-9,11H,7,10H2,1H3/p+1. The maximum atomic E-state index is 3.27. The molecule has 3 aromatic rings. The van der Waals surface area contributed by atoms with Crippen molar-refractivity contribution < 1.29 is 4.57 Å². The molecule has 0 bridgehead atoms. The van der Waals surface area contributed by atoms with E-state index in [4.69, 9.17) is 0 Å². The van der Waals surface area contributed by atoms with E-state index in [9.17, 15) is 0 Å². The molecule has 17 heavy (non-hydrogen) atoms. The van der Waals surface area contributed by atoms with Gasteiger partial charge in [-0.05, 0) is 17.5 Å². The van der Waals surface area contributed by atoms with Crippen molar-refractivity contribution in [1.82, 2.24) is 9.55 Å². The zero-order valence-electron chi connectivity index (χ0n) is 9.93. The normalized spacial score (nSPS) is 11.1. The second-order valence-electron chi connectivity index (χ2n) is 4.34. The number of imidazole rings is 1. The van der Waals surface area contributed by atoms with Crippen molar-refractivity contribution in [2.45, 2.75) is 13.0 Å². The summed E-state index contributed by atoms with van der Waals surface area (Å²) in [5.41, 5.74) is 1.31. The van der Waals surface area contributed by atoms with Crippen LogP contribution < -0.4 is 4.57 Å². The summed E-state index contributed by atoms with van der Waals surface area (Å²) in [5, 5.41) is 1.31. The lowest BCUT2D eigenvalue weighted by atomic mass is 10.2. The van der Waals surface area contributed by atoms with Gasteiger partial charge in [0.15, 0.2) is 0 Å². The molecule has 2 heterocycles. The van der Waals surface area contributed by atoms with E-state index in [0.29, 0.717) is 0 Å². The van der Waals surface area contributed by atoms with Crippen LogP contribution in [-0.4, -0.2) is 9.55 Å². The Morgan fingerprint density at radius 2 is 2.12 bits per heavy atom. The van der Waals surface area contributed by atoms with Crippen molar-refractivity contribution in [2.75, 3.05) is 0 Å². The van der Waals surface area contributed by atoms with Crippen LogP contribution in [0.1, 0.15) is 5.82 Å². The van der Waals surface area contributed by atoms with Crippen LogP contribution in [0, 0.1) is 0 Å². The summed E-state index contributed by atoms with van der Waals surface area (Å²) in [6.07, 6.45) is 7.20. The number of aromatic nitrogens is 3. The van der Waals surface area contributed by atoms with Crippen molar-refractivity contribution in [3.8, 4) is 0 Å². The fraction of sp³-hybridized carbons (Fsp3) is 0.214. The molecule has 1 N–H and O–H groups in total. The van der Waals surface area contributed by atoms with Crippen LogP contribution >= 0.6 is 0 Å². The minimum atomic E-state index is 1.00. The molecule has 0 amide bonds. The Hall–Kier alpha value is -2.03. The first-order chi connectivity index (χ1) is 8.34. The summed E-state index contributed by atoms with van der Waals surface area (Å²) in [4.78, 5) is 3.27. The Kier molecular flexibility index (Phi) is 2.44. The third kappa shape index (κ3) is 1.84. The van der Waals surface area contributed by atoms with Crippen LogP contribution in [0.4, 0.5) is 0 Å². The molecule has 0 unspecified atom stereocenters. The minimum Gasteiger partial charge on any atom is -0.347 e. The van der Waals surface area contributed by atoms with E-state index in [1.807, 2.05) is 12.4 Å². The lowest BCUT2D eigenvalue weighted by Crippen LogP contribution is -2.31. The number of nitrogens with one attached hydrogen (secondary N) is 1. The zero-order valence-corrected chi connectivity index (χ0v) is 9.93. The first-order valence-corrected chi connectivity index (χ1v) is 5.90. The van der Waals surface area contributed by atoms with Gasteiger partial charge in [0, 0.05) is 18.3 Å². The van der Waals surface area contributed by atoms with Crippen molar-refractivity contribution in [3.05, 3.63) is 54.7 Å². The van der Waals surface area contributed by atoms with E-state index in [0.717, 1.165) is 13.0 Å². The molecule has 0 aliphatic carbocycles. The molecule has 3 nitrogen and oxygen atoms in total. The van der Waals surface area contributed by atoms with E-state index in [-0.39, 0.29) is 0 Å². The minimum absolute atomic E-state index is 1.00. The second-order valence-corrected chi connectivity index (χ2v) is 4.34. The smallest absolute Gasteiger partial charge is 0.255 e. The molecule has 2 aromatic heterocycles. The van der Waals surface area contributed by atoms with Crippen LogP contribution in [0.15, 0.2) is 48.9 Å². The van der Waals surface area contributed by atoms with Crippen molar-refractivity contribution in [1.29, 1.82) is 0 Å². The second kappa shape index (κ2) is 4.09. The van der Waals surface area contributed by atoms with Gasteiger partial charge in [-0.2, -0.15) is 0 Å². The average molecular weight is 226 g/mol. The molecule has 3 rings (SSSR count). The first-order valence-electron chi connectivity index (χ1n) is 5.90. The van der Waals surface area contributed by atoms with Gasteiger partial charge in [0.2, 0.25) is 0 Å². The molecular weight excluding hydrogens is 210 g/mol. The number of H-pyrrole nitrogens is 1. The monoisotopic (exact) mass is 226 g/mol. The summed E-state index contributed by atoms with van der Waals surface area (Å²) in [5.74, 6) is 1.25. The quantitative estimate of drug-likeness (QED) is 0.661. The predicted octanol–water partition coefficient (Wildman–Crippen LogP) is 2.04. The van der Waals surface area contributed by atoms with Crippen molar-refractivity contribution in [2.24, 2.45) is 7.05 Å². The molecule has 0 aliphatic rings. The molecule has 0 aliphatic heterocycles. The number of aromatic amines is 1. The van der Waals surface area contributed by atoms with Crippen LogP contribution in [-0.2, 0) is 20.0 Å². The van der Waals surface area contributed by atoms with Gasteiger partial charge in [0.05, 0.1) is 13.5 Å². The van der Waals surface area contributed by atoms with Gasteiger partial charge in [0.1, 0.15) is 12.4 Å². The molecule has 86 valence electrons. The van der Waals surface area contributed by atoms with Gasteiger partial charge in [-0.1, -0.05) is 18.2 Å². The highest BCUT2D eigenvalue weighted by molar-refractivity contribution is 5.79. The Labute approximate surface area is 100 Å². The molecule has 1 aromatic carbocycles. The maximum absolute atomic E-state index is 3.27. The highest BCUT2D eigenvalue weighted by Crippen LogP contribution is 2.15. The number of para-hydroxylation sites is 1. The first kappa shape index (κ1) is 10.1. The van der Waals surface area contributed by atoms with E-state index in [1.54, 1.807) is 0 Å². The lowest BCUT2D eigenvalue weighted by molar-refractivity contribution is -0.677. The van der Waals surface area contributed by atoms with E-state index in [2.05, 4.69) is 57.7 Å². The molecule has 0 saturated heterocycles. The van der Waals surface area contributed by atoms with E-state index in [1.165, 1.54) is 16.7 Å². The fourth-order valence-electron chi connectivity index (χ4n) is 2.25. The summed E-state index contributed by atoms with van der Waals surface area (Å²) in [6, 6.07) is 10.7. The van der Waals surface area contributed by atoms with Gasteiger partial charge >= 0.3 is 0 Å². The summed E-state index contributed by atoms with van der Waals surface area (Å²) >= 11 is 0. The van der Waals surface area contributed by atoms with Gasteiger partial charge in [-0.25, -0.2) is 9.55 Å². The van der Waals surface area contributed by atoms with Crippen LogP contribution in [0.2, 0.25) is 0 Å². The Morgan fingerprint density at radius 3 is 2.94 bits per heavy atom. The average Bonchev–Trinajstić information content (AvgIpc) is 2.93. The number of nitrogens with zero attached hydrogens (tertiary/aromatic N) is 2. The molecule has 0 radical (unpaired) electrons. The molecule has 0 spiro atoms. The number of fused-ring (bicyclic) bond motifs is 1. The van der Waals surface area contributed by atoms with E-state index >= 15 is 0 Å². The van der Waals surface area contributed by atoms with Gasteiger partial charge in [0.25, 0.3) is 5.82 Å². The number of hydrogen-bond donors (Lipinski definition) is 1. The fourth-order valence-corrected chi connectivity index (χ4v) is 2.25. The van der Waals surface area contributed by atoms with Gasteiger partial charge in [-0.3, -0.25) is 0 Å². The number of rotatable bonds is 3. The number of aryl methyl sites for hydroxylation is 3. The van der Waals surface area contributed by atoms with Crippen LogP contribution in [0.5, 0.6) is 0 Å². The molecule has 0 saturated carbocycles. The van der Waals surface area contributed by atoms with Crippen molar-refractivity contribution in [3.63, 3.8) is 0 Å². The molecule has 0 fully saturated rings. The molecular formula is C14H16N3+. The van der Waals surface area contributed by atoms with E-state index < -0.39 is 0 Å². The van der Waals surface area contributed by atoms with Crippen LogP contribution in [0.3, 0.4) is 0 Å².